The SMILES string of the molecule is NC(=O)N[C@]1(CO)O[C@@H](O)[C@H](O)[C@H](O)[C@@H]1O[C@@H]1O[C@H](O)[C@@H](O)[C@H](O)[C@H]1O. The van der Waals surface area contributed by atoms with Gasteiger partial charge in [-0.15, -0.1) is 0 Å². The van der Waals surface area contributed by atoms with Gasteiger partial charge in [0.15, 0.2) is 24.6 Å². The van der Waals surface area contributed by atoms with Crippen LogP contribution in [0.25, 0.3) is 0 Å². The quantitative estimate of drug-likeness (QED) is 0.217. The molecule has 2 rings (SSSR count). The van der Waals surface area contributed by atoms with E-state index in [-0.39, 0.29) is 0 Å². The number of hydrogen-bond donors (Lipinski definition) is 10. The largest absolute Gasteiger partial charge is 0.391 e. The molecular formula is C12H22N2O12. The van der Waals surface area contributed by atoms with Crippen molar-refractivity contribution < 1.29 is 59.9 Å². The average Bonchev–Trinajstić information content (AvgIpc) is 2.58. The highest BCUT2D eigenvalue weighted by Crippen LogP contribution is 2.32. The van der Waals surface area contributed by atoms with Gasteiger partial charge in [-0.05, 0) is 0 Å². The van der Waals surface area contributed by atoms with Crippen LogP contribution in [0, 0.1) is 0 Å². The summed E-state index contributed by atoms with van der Waals surface area (Å²) in [5.41, 5.74) is 2.60. The van der Waals surface area contributed by atoms with Crippen molar-refractivity contribution in [2.24, 2.45) is 5.73 Å². The maximum Gasteiger partial charge on any atom is 0.314 e. The van der Waals surface area contributed by atoms with E-state index in [1.165, 1.54) is 0 Å². The lowest BCUT2D eigenvalue weighted by molar-refractivity contribution is -0.394. The summed E-state index contributed by atoms with van der Waals surface area (Å²) in [7, 11) is 0. The Morgan fingerprint density at radius 1 is 0.962 bits per heavy atom. The van der Waals surface area contributed by atoms with Crippen molar-refractivity contribution in [1.29, 1.82) is 0 Å². The Morgan fingerprint density at radius 3 is 2.08 bits per heavy atom. The van der Waals surface area contributed by atoms with Crippen molar-refractivity contribution >= 4 is 6.03 Å². The lowest BCUT2D eigenvalue weighted by Crippen LogP contribution is -2.74. The first kappa shape index (κ1) is 21.1. The maximum atomic E-state index is 11.2. The molecule has 0 aromatic carbocycles. The third kappa shape index (κ3) is 3.75. The molecule has 0 aromatic heterocycles. The number of aliphatic hydroxyl groups is 8. The maximum absolute atomic E-state index is 11.2. The smallest absolute Gasteiger partial charge is 0.314 e. The van der Waals surface area contributed by atoms with Crippen LogP contribution >= 0.6 is 0 Å². The van der Waals surface area contributed by atoms with Gasteiger partial charge in [-0.1, -0.05) is 0 Å². The average molecular weight is 386 g/mol. The fourth-order valence-electron chi connectivity index (χ4n) is 2.73. The highest BCUT2D eigenvalue weighted by atomic mass is 16.8. The van der Waals surface area contributed by atoms with Crippen molar-refractivity contribution in [3.05, 3.63) is 0 Å². The molecule has 14 nitrogen and oxygen atoms in total. The molecule has 2 saturated heterocycles. The number of hydrogen-bond acceptors (Lipinski definition) is 12. The predicted molar refractivity (Wildman–Crippen MR) is 75.4 cm³/mol. The summed E-state index contributed by atoms with van der Waals surface area (Å²) in [4.78, 5) is 11.2. The number of primary amides is 1. The van der Waals surface area contributed by atoms with E-state index in [9.17, 15) is 45.6 Å². The number of aliphatic hydroxyl groups excluding tert-OH is 8. The summed E-state index contributed by atoms with van der Waals surface area (Å²) in [6.07, 6.45) is -17.5. The molecule has 2 aliphatic rings. The first-order valence-corrected chi connectivity index (χ1v) is 7.47. The van der Waals surface area contributed by atoms with Crippen molar-refractivity contribution in [2.45, 2.75) is 61.2 Å². The van der Waals surface area contributed by atoms with Gasteiger partial charge in [0.05, 0.1) is 6.61 Å². The Labute approximate surface area is 145 Å². The molecule has 0 spiro atoms. The number of nitrogens with two attached hydrogens (primary N) is 1. The minimum absolute atomic E-state index is 1.11. The summed E-state index contributed by atoms with van der Waals surface area (Å²) in [5.74, 6) is 0. The lowest BCUT2D eigenvalue weighted by Gasteiger charge is -2.50. The van der Waals surface area contributed by atoms with Gasteiger partial charge in [0.2, 0.25) is 0 Å². The van der Waals surface area contributed by atoms with Crippen molar-refractivity contribution in [3.63, 3.8) is 0 Å². The van der Waals surface area contributed by atoms with Crippen LogP contribution in [0.3, 0.4) is 0 Å². The fraction of sp³-hybridized carbons (Fsp3) is 0.917. The third-order valence-corrected chi connectivity index (χ3v) is 4.14. The molecule has 14 heteroatoms. The van der Waals surface area contributed by atoms with Gasteiger partial charge < -0.3 is 66.1 Å². The van der Waals surface area contributed by atoms with Crippen LogP contribution in [0.4, 0.5) is 4.79 Å². The first-order chi connectivity index (χ1) is 12.0. The van der Waals surface area contributed by atoms with E-state index in [1.54, 1.807) is 0 Å². The van der Waals surface area contributed by atoms with Crippen LogP contribution in [0.5, 0.6) is 0 Å². The molecule has 2 aliphatic heterocycles. The molecule has 26 heavy (non-hydrogen) atoms. The zero-order chi connectivity index (χ0) is 19.8. The van der Waals surface area contributed by atoms with Crippen LogP contribution in [0.1, 0.15) is 0 Å². The summed E-state index contributed by atoms with van der Waals surface area (Å²) in [5, 5.41) is 79.6. The minimum atomic E-state index is -2.38. The number of urea groups is 1. The topological polar surface area (TPSA) is 245 Å². The highest BCUT2D eigenvalue weighted by molar-refractivity contribution is 5.72. The Balaban J connectivity index is 2.30. The van der Waals surface area contributed by atoms with E-state index in [1.807, 2.05) is 5.32 Å². The summed E-state index contributed by atoms with van der Waals surface area (Å²) in [6, 6.07) is -1.26. The fourth-order valence-corrected chi connectivity index (χ4v) is 2.73. The van der Waals surface area contributed by atoms with E-state index in [0.717, 1.165) is 0 Å². The van der Waals surface area contributed by atoms with Crippen molar-refractivity contribution in [1.82, 2.24) is 5.32 Å². The number of carbonyl (C=O) groups is 1. The molecule has 11 N–H and O–H groups in total. The van der Waals surface area contributed by atoms with Gasteiger partial charge in [-0.25, -0.2) is 4.79 Å². The molecule has 0 bridgehead atoms. The van der Waals surface area contributed by atoms with Gasteiger partial charge in [0.25, 0.3) is 0 Å². The monoisotopic (exact) mass is 386 g/mol. The van der Waals surface area contributed by atoms with Gasteiger partial charge >= 0.3 is 6.03 Å². The van der Waals surface area contributed by atoms with Crippen LogP contribution in [-0.2, 0) is 14.2 Å². The molecule has 0 aromatic rings. The molecule has 0 aliphatic carbocycles. The van der Waals surface area contributed by atoms with E-state index in [4.69, 9.17) is 19.9 Å². The number of nitrogens with one attached hydrogen (secondary N) is 1. The molecule has 0 saturated carbocycles. The Kier molecular flexibility index (Phi) is 6.36. The van der Waals surface area contributed by atoms with Crippen LogP contribution < -0.4 is 11.1 Å². The molecule has 2 amide bonds. The van der Waals surface area contributed by atoms with Crippen LogP contribution in [0.2, 0.25) is 0 Å². The zero-order valence-corrected chi connectivity index (χ0v) is 13.2. The lowest BCUT2D eigenvalue weighted by atomic mass is 9.93. The number of carbonyl (C=O) groups excluding carboxylic acids is 1. The van der Waals surface area contributed by atoms with Gasteiger partial charge in [0, 0.05) is 0 Å². The van der Waals surface area contributed by atoms with E-state index in [0.29, 0.717) is 0 Å². The van der Waals surface area contributed by atoms with Crippen LogP contribution in [-0.4, -0.2) is 115 Å². The first-order valence-electron chi connectivity index (χ1n) is 7.47. The summed E-state index contributed by atoms with van der Waals surface area (Å²) in [6.45, 7) is -1.11. The summed E-state index contributed by atoms with van der Waals surface area (Å²) < 4.78 is 14.9. The third-order valence-electron chi connectivity index (χ3n) is 4.14. The number of rotatable bonds is 4. The van der Waals surface area contributed by atoms with E-state index >= 15 is 0 Å². The Morgan fingerprint density at radius 2 is 1.54 bits per heavy atom. The Hall–Kier alpha value is -1.17. The minimum Gasteiger partial charge on any atom is -0.391 e. The second-order valence-electron chi connectivity index (χ2n) is 5.95. The van der Waals surface area contributed by atoms with Gasteiger partial charge in [-0.2, -0.15) is 0 Å². The number of ether oxygens (including phenoxy) is 3. The molecule has 0 unspecified atom stereocenters. The molecule has 2 heterocycles. The van der Waals surface area contributed by atoms with Crippen LogP contribution in [0.15, 0.2) is 0 Å². The molecule has 2 fully saturated rings. The second-order valence-corrected chi connectivity index (χ2v) is 5.95. The van der Waals surface area contributed by atoms with Gasteiger partial charge in [-0.3, -0.25) is 0 Å². The van der Waals surface area contributed by atoms with Crippen molar-refractivity contribution in [3.8, 4) is 0 Å². The highest BCUT2D eigenvalue weighted by Gasteiger charge is 2.57. The van der Waals surface area contributed by atoms with Crippen molar-refractivity contribution in [2.75, 3.05) is 6.61 Å². The Bertz CT molecular complexity index is 511. The predicted octanol–water partition coefficient (Wildman–Crippen LogP) is -6.44. The molecule has 0 radical (unpaired) electrons. The summed E-state index contributed by atoms with van der Waals surface area (Å²) >= 11 is 0. The molecular weight excluding hydrogens is 364 g/mol. The number of amides is 2. The van der Waals surface area contributed by atoms with E-state index < -0.39 is 73.9 Å². The standard InChI is InChI=1S/C12H22N2O12/c13-11(23)14-12(1-15)7(3(17)5(19)9(22)26-12)24-10-6(20)2(16)4(18)8(21)25-10/h2-10,15-22H,1H2,(H3,13,14,23)/t2-,3-,4-,5+,6+,7-,8-,9+,10+,12+/m0/s1. The van der Waals surface area contributed by atoms with Gasteiger partial charge in [0.1, 0.15) is 36.6 Å². The molecule has 10 atom stereocenters. The molecule has 152 valence electrons. The zero-order valence-electron chi connectivity index (χ0n) is 13.2. The second kappa shape index (κ2) is 7.83. The normalized spacial score (nSPS) is 49.6. The van der Waals surface area contributed by atoms with E-state index in [2.05, 4.69) is 0 Å².